The Morgan fingerprint density at radius 2 is 2.18 bits per heavy atom. The van der Waals surface area contributed by atoms with Crippen LogP contribution in [0, 0.1) is 0 Å². The molecule has 4 nitrogen and oxygen atoms in total. The van der Waals surface area contributed by atoms with E-state index in [-0.39, 0.29) is 5.91 Å². The Labute approximate surface area is 65.2 Å². The number of hydrogen-bond acceptors (Lipinski definition) is 3. The molecule has 0 aliphatic heterocycles. The van der Waals surface area contributed by atoms with Gasteiger partial charge in [-0.25, -0.2) is 4.79 Å². The second kappa shape index (κ2) is 5.46. The zero-order chi connectivity index (χ0) is 8.69. The maximum atomic E-state index is 10.4. The molecule has 0 aromatic rings. The number of amides is 1. The summed E-state index contributed by atoms with van der Waals surface area (Å²) < 4.78 is 4.32. The number of esters is 1. The molecule has 0 bridgehead atoms. The predicted octanol–water partition coefficient (Wildman–Crippen LogP) is -0.148. The second-order valence-corrected chi connectivity index (χ2v) is 1.86. The number of carbonyl (C=O) groups excluding carboxylic acids is 2. The van der Waals surface area contributed by atoms with Gasteiger partial charge in [0.2, 0.25) is 5.91 Å². The standard InChI is InChI=1S/C7H11NO3/c1-6(9)8-5-3-4-7(10)11-2/h3-4H,5H2,1-2H3,(H,8,9)/b4-3+. The van der Waals surface area contributed by atoms with E-state index in [1.54, 1.807) is 0 Å². The number of nitrogens with one attached hydrogen (secondary N) is 1. The van der Waals surface area contributed by atoms with Gasteiger partial charge in [0.15, 0.2) is 0 Å². The summed E-state index contributed by atoms with van der Waals surface area (Å²) in [4.78, 5) is 20.7. The van der Waals surface area contributed by atoms with E-state index in [4.69, 9.17) is 0 Å². The van der Waals surface area contributed by atoms with Crippen LogP contribution >= 0.6 is 0 Å². The molecule has 62 valence electrons. The summed E-state index contributed by atoms with van der Waals surface area (Å²) in [6.45, 7) is 1.76. The van der Waals surface area contributed by atoms with E-state index in [0.717, 1.165) is 0 Å². The lowest BCUT2D eigenvalue weighted by atomic mass is 10.5. The molecule has 0 aromatic heterocycles. The predicted molar refractivity (Wildman–Crippen MR) is 39.8 cm³/mol. The van der Waals surface area contributed by atoms with Gasteiger partial charge in [0.1, 0.15) is 0 Å². The van der Waals surface area contributed by atoms with E-state index in [1.807, 2.05) is 0 Å². The van der Waals surface area contributed by atoms with Crippen LogP contribution in [0.5, 0.6) is 0 Å². The highest BCUT2D eigenvalue weighted by Gasteiger charge is 1.89. The van der Waals surface area contributed by atoms with Crippen molar-refractivity contribution in [2.24, 2.45) is 0 Å². The number of ether oxygens (including phenoxy) is 1. The van der Waals surface area contributed by atoms with Crippen LogP contribution < -0.4 is 5.32 Å². The van der Waals surface area contributed by atoms with E-state index in [0.29, 0.717) is 6.54 Å². The first-order chi connectivity index (χ1) is 5.16. The molecule has 0 aromatic carbocycles. The molecule has 0 fully saturated rings. The molecule has 0 saturated heterocycles. The highest BCUT2D eigenvalue weighted by molar-refractivity contribution is 5.81. The van der Waals surface area contributed by atoms with Gasteiger partial charge >= 0.3 is 5.97 Å². The smallest absolute Gasteiger partial charge is 0.330 e. The van der Waals surface area contributed by atoms with Gasteiger partial charge in [-0.05, 0) is 0 Å². The fourth-order valence-electron chi connectivity index (χ4n) is 0.426. The van der Waals surface area contributed by atoms with Crippen LogP contribution in [0.15, 0.2) is 12.2 Å². The molecule has 0 saturated carbocycles. The van der Waals surface area contributed by atoms with Crippen molar-refractivity contribution in [2.45, 2.75) is 6.92 Å². The van der Waals surface area contributed by atoms with E-state index in [9.17, 15) is 9.59 Å². The lowest BCUT2D eigenvalue weighted by Gasteiger charge is -1.93. The van der Waals surface area contributed by atoms with Crippen molar-refractivity contribution >= 4 is 11.9 Å². The maximum Gasteiger partial charge on any atom is 0.330 e. The molecule has 1 amide bonds. The molecule has 0 unspecified atom stereocenters. The molecule has 0 aliphatic carbocycles. The molecule has 0 spiro atoms. The Morgan fingerprint density at radius 1 is 1.55 bits per heavy atom. The largest absolute Gasteiger partial charge is 0.466 e. The Balaban J connectivity index is 3.45. The molecule has 4 heteroatoms. The topological polar surface area (TPSA) is 55.4 Å². The van der Waals surface area contributed by atoms with Crippen molar-refractivity contribution in [1.29, 1.82) is 0 Å². The van der Waals surface area contributed by atoms with Crippen molar-refractivity contribution in [3.8, 4) is 0 Å². The number of methoxy groups -OCH3 is 1. The summed E-state index contributed by atoms with van der Waals surface area (Å²) >= 11 is 0. The Hall–Kier alpha value is -1.32. The SMILES string of the molecule is COC(=O)/C=C/CNC(C)=O. The van der Waals surface area contributed by atoms with Gasteiger partial charge in [-0.2, -0.15) is 0 Å². The van der Waals surface area contributed by atoms with Crippen LogP contribution in [0.25, 0.3) is 0 Å². The zero-order valence-corrected chi connectivity index (χ0v) is 6.59. The van der Waals surface area contributed by atoms with Crippen LogP contribution in [-0.2, 0) is 14.3 Å². The molecule has 11 heavy (non-hydrogen) atoms. The third-order valence-corrected chi connectivity index (χ3v) is 0.924. The summed E-state index contributed by atoms with van der Waals surface area (Å²) in [5.74, 6) is -0.546. The first-order valence-corrected chi connectivity index (χ1v) is 3.15. The van der Waals surface area contributed by atoms with Gasteiger partial charge in [-0.1, -0.05) is 6.08 Å². The van der Waals surface area contributed by atoms with Gasteiger partial charge < -0.3 is 10.1 Å². The summed E-state index contributed by atoms with van der Waals surface area (Å²) in [7, 11) is 1.30. The van der Waals surface area contributed by atoms with Crippen LogP contribution in [0.4, 0.5) is 0 Å². The van der Waals surface area contributed by atoms with Crippen LogP contribution in [0.2, 0.25) is 0 Å². The number of carbonyl (C=O) groups is 2. The summed E-state index contributed by atoms with van der Waals surface area (Å²) in [5.41, 5.74) is 0. The van der Waals surface area contributed by atoms with Gasteiger partial charge in [0.05, 0.1) is 7.11 Å². The molecule has 1 N–H and O–H groups in total. The Kier molecular flexibility index (Phi) is 4.81. The quantitative estimate of drug-likeness (QED) is 0.458. The number of rotatable bonds is 3. The highest BCUT2D eigenvalue weighted by atomic mass is 16.5. The van der Waals surface area contributed by atoms with Gasteiger partial charge in [-0.15, -0.1) is 0 Å². The van der Waals surface area contributed by atoms with Crippen molar-refractivity contribution < 1.29 is 14.3 Å². The van der Waals surface area contributed by atoms with Gasteiger partial charge in [0, 0.05) is 19.5 Å². The average Bonchev–Trinajstić information content (AvgIpc) is 1.97. The third kappa shape index (κ3) is 6.57. The van der Waals surface area contributed by atoms with Crippen LogP contribution in [-0.4, -0.2) is 25.5 Å². The minimum absolute atomic E-state index is 0.125. The van der Waals surface area contributed by atoms with Crippen LogP contribution in [0.1, 0.15) is 6.92 Å². The second-order valence-electron chi connectivity index (χ2n) is 1.86. The van der Waals surface area contributed by atoms with Gasteiger partial charge in [0.25, 0.3) is 0 Å². The van der Waals surface area contributed by atoms with Crippen molar-refractivity contribution in [2.75, 3.05) is 13.7 Å². The Morgan fingerprint density at radius 3 is 2.64 bits per heavy atom. The molecule has 0 aliphatic rings. The monoisotopic (exact) mass is 157 g/mol. The molecule has 0 rings (SSSR count). The average molecular weight is 157 g/mol. The molecular weight excluding hydrogens is 146 g/mol. The summed E-state index contributed by atoms with van der Waals surface area (Å²) in [6, 6.07) is 0. The first-order valence-electron chi connectivity index (χ1n) is 3.15. The third-order valence-electron chi connectivity index (χ3n) is 0.924. The van der Waals surface area contributed by atoms with Crippen LogP contribution in [0.3, 0.4) is 0 Å². The lowest BCUT2D eigenvalue weighted by molar-refractivity contribution is -0.134. The molecule has 0 radical (unpaired) electrons. The van der Waals surface area contributed by atoms with Crippen molar-refractivity contribution in [1.82, 2.24) is 5.32 Å². The highest BCUT2D eigenvalue weighted by Crippen LogP contribution is 1.76. The van der Waals surface area contributed by atoms with Crippen molar-refractivity contribution in [3.05, 3.63) is 12.2 Å². The zero-order valence-electron chi connectivity index (χ0n) is 6.59. The lowest BCUT2D eigenvalue weighted by Crippen LogP contribution is -2.19. The normalized spacial score (nSPS) is 9.64. The summed E-state index contributed by atoms with van der Waals surface area (Å²) in [6.07, 6.45) is 2.78. The molecule has 0 atom stereocenters. The van der Waals surface area contributed by atoms with E-state index in [1.165, 1.54) is 26.2 Å². The number of hydrogen-bond donors (Lipinski definition) is 1. The van der Waals surface area contributed by atoms with E-state index >= 15 is 0 Å². The first kappa shape index (κ1) is 9.68. The Bertz CT molecular complexity index is 175. The van der Waals surface area contributed by atoms with Gasteiger partial charge in [-0.3, -0.25) is 4.79 Å². The maximum absolute atomic E-state index is 10.4. The van der Waals surface area contributed by atoms with E-state index in [2.05, 4.69) is 10.1 Å². The fraction of sp³-hybridized carbons (Fsp3) is 0.429. The van der Waals surface area contributed by atoms with Crippen molar-refractivity contribution in [3.63, 3.8) is 0 Å². The molecule has 0 heterocycles. The summed E-state index contributed by atoms with van der Waals surface area (Å²) in [5, 5.41) is 2.49. The van der Waals surface area contributed by atoms with E-state index < -0.39 is 5.97 Å². The minimum atomic E-state index is -0.421. The minimum Gasteiger partial charge on any atom is -0.466 e. The molecular formula is C7H11NO3. The fourth-order valence-corrected chi connectivity index (χ4v) is 0.426.